The van der Waals surface area contributed by atoms with Gasteiger partial charge in [-0.3, -0.25) is 9.69 Å². The molecule has 0 fully saturated rings. The maximum Gasteiger partial charge on any atom is 0.321 e. The molecule has 2 aromatic rings. The topological polar surface area (TPSA) is 40.5 Å². The van der Waals surface area contributed by atoms with Gasteiger partial charge in [0.2, 0.25) is 0 Å². The van der Waals surface area contributed by atoms with Crippen LogP contribution in [0.5, 0.6) is 0 Å². The summed E-state index contributed by atoms with van der Waals surface area (Å²) in [7, 11) is 3.59. The standard InChI is InChI=1S/C17H19NO2/c1-18(2)16(17(19)20)12-14-10-6-7-11-15(14)13-8-4-3-5-9-13/h3-11,16H,12H2,1-2H3,(H,19,20). The van der Waals surface area contributed by atoms with Crippen molar-refractivity contribution >= 4 is 5.97 Å². The van der Waals surface area contributed by atoms with Gasteiger partial charge in [0.25, 0.3) is 0 Å². The molecular weight excluding hydrogens is 250 g/mol. The number of nitrogens with zero attached hydrogens (tertiary/aromatic N) is 1. The van der Waals surface area contributed by atoms with Crippen LogP contribution in [0.15, 0.2) is 54.6 Å². The van der Waals surface area contributed by atoms with E-state index in [1.807, 2.05) is 54.6 Å². The van der Waals surface area contributed by atoms with Gasteiger partial charge >= 0.3 is 5.97 Å². The minimum atomic E-state index is -0.794. The van der Waals surface area contributed by atoms with Crippen molar-refractivity contribution in [3.05, 3.63) is 60.2 Å². The minimum Gasteiger partial charge on any atom is -0.480 e. The quantitative estimate of drug-likeness (QED) is 0.907. The second-order valence-electron chi connectivity index (χ2n) is 5.04. The minimum absolute atomic E-state index is 0.493. The number of likely N-dealkylation sites (N-methyl/N-ethyl adjacent to an activating group) is 1. The van der Waals surface area contributed by atoms with Gasteiger partial charge in [0.15, 0.2) is 0 Å². The van der Waals surface area contributed by atoms with Crippen LogP contribution in [0.2, 0.25) is 0 Å². The molecule has 0 bridgehead atoms. The highest BCUT2D eigenvalue weighted by molar-refractivity contribution is 5.75. The van der Waals surface area contributed by atoms with Crippen LogP contribution < -0.4 is 0 Å². The number of hydrogen-bond acceptors (Lipinski definition) is 2. The summed E-state index contributed by atoms with van der Waals surface area (Å²) in [6, 6.07) is 17.5. The Bertz CT molecular complexity index is 579. The van der Waals surface area contributed by atoms with Gasteiger partial charge < -0.3 is 5.11 Å². The Morgan fingerprint density at radius 2 is 1.65 bits per heavy atom. The van der Waals surface area contributed by atoms with E-state index in [1.165, 1.54) is 0 Å². The van der Waals surface area contributed by atoms with Crippen LogP contribution in [-0.2, 0) is 11.2 Å². The van der Waals surface area contributed by atoms with Crippen LogP contribution in [0.3, 0.4) is 0 Å². The monoisotopic (exact) mass is 269 g/mol. The van der Waals surface area contributed by atoms with Gasteiger partial charge in [-0.1, -0.05) is 54.6 Å². The molecule has 0 radical (unpaired) electrons. The molecule has 2 rings (SSSR count). The van der Waals surface area contributed by atoms with E-state index in [0.717, 1.165) is 16.7 Å². The van der Waals surface area contributed by atoms with Crippen LogP contribution in [0.25, 0.3) is 11.1 Å². The molecule has 0 amide bonds. The van der Waals surface area contributed by atoms with Crippen molar-refractivity contribution in [2.24, 2.45) is 0 Å². The predicted molar refractivity (Wildman–Crippen MR) is 80.7 cm³/mol. The third-order valence-electron chi connectivity index (χ3n) is 3.42. The number of carboxylic acid groups (broad SMARTS) is 1. The molecule has 0 heterocycles. The maximum absolute atomic E-state index is 11.4. The molecule has 0 spiro atoms. The fraction of sp³-hybridized carbons (Fsp3) is 0.235. The van der Waals surface area contributed by atoms with Crippen LogP contribution in [-0.4, -0.2) is 36.1 Å². The average Bonchev–Trinajstić information content (AvgIpc) is 2.45. The lowest BCUT2D eigenvalue weighted by molar-refractivity contribution is -0.142. The third-order valence-corrected chi connectivity index (χ3v) is 3.42. The fourth-order valence-electron chi connectivity index (χ4n) is 2.30. The molecule has 1 atom stereocenters. The Kier molecular flexibility index (Phi) is 4.53. The second kappa shape index (κ2) is 6.35. The zero-order chi connectivity index (χ0) is 14.5. The van der Waals surface area contributed by atoms with Crippen molar-refractivity contribution in [2.45, 2.75) is 12.5 Å². The van der Waals surface area contributed by atoms with E-state index in [-0.39, 0.29) is 0 Å². The van der Waals surface area contributed by atoms with Crippen LogP contribution in [0, 0.1) is 0 Å². The second-order valence-corrected chi connectivity index (χ2v) is 5.04. The van der Waals surface area contributed by atoms with E-state index in [9.17, 15) is 9.90 Å². The lowest BCUT2D eigenvalue weighted by Gasteiger charge is -2.21. The molecule has 0 aliphatic carbocycles. The molecular formula is C17H19NO2. The molecule has 20 heavy (non-hydrogen) atoms. The molecule has 3 nitrogen and oxygen atoms in total. The van der Waals surface area contributed by atoms with Gasteiger partial charge in [-0.05, 0) is 37.2 Å². The Morgan fingerprint density at radius 3 is 2.25 bits per heavy atom. The molecule has 0 aliphatic rings. The van der Waals surface area contributed by atoms with Gasteiger partial charge in [-0.15, -0.1) is 0 Å². The molecule has 0 saturated heterocycles. The third kappa shape index (κ3) is 3.25. The van der Waals surface area contributed by atoms with Gasteiger partial charge in [0.1, 0.15) is 6.04 Å². The summed E-state index contributed by atoms with van der Waals surface area (Å²) >= 11 is 0. The predicted octanol–water partition coefficient (Wildman–Crippen LogP) is 2.91. The fourth-order valence-corrected chi connectivity index (χ4v) is 2.30. The number of benzene rings is 2. The molecule has 104 valence electrons. The average molecular weight is 269 g/mol. The Hall–Kier alpha value is -2.13. The summed E-state index contributed by atoms with van der Waals surface area (Å²) in [5, 5.41) is 9.32. The van der Waals surface area contributed by atoms with Crippen molar-refractivity contribution in [1.82, 2.24) is 4.90 Å². The summed E-state index contributed by atoms with van der Waals surface area (Å²) in [5.41, 5.74) is 3.27. The first-order valence-electron chi connectivity index (χ1n) is 6.62. The van der Waals surface area contributed by atoms with E-state index in [0.29, 0.717) is 6.42 Å². The molecule has 0 saturated carbocycles. The van der Waals surface area contributed by atoms with Gasteiger partial charge in [0.05, 0.1) is 0 Å². The zero-order valence-electron chi connectivity index (χ0n) is 11.8. The molecule has 3 heteroatoms. The van der Waals surface area contributed by atoms with Gasteiger partial charge in [-0.25, -0.2) is 0 Å². The summed E-state index contributed by atoms with van der Waals surface area (Å²) < 4.78 is 0. The van der Waals surface area contributed by atoms with Crippen LogP contribution in [0.4, 0.5) is 0 Å². The Labute approximate surface area is 119 Å². The van der Waals surface area contributed by atoms with Gasteiger partial charge in [-0.2, -0.15) is 0 Å². The highest BCUT2D eigenvalue weighted by atomic mass is 16.4. The highest BCUT2D eigenvalue weighted by Gasteiger charge is 2.21. The first-order chi connectivity index (χ1) is 9.59. The van der Waals surface area contributed by atoms with Crippen molar-refractivity contribution in [1.29, 1.82) is 0 Å². The van der Waals surface area contributed by atoms with Crippen LogP contribution in [0.1, 0.15) is 5.56 Å². The van der Waals surface area contributed by atoms with Crippen molar-refractivity contribution in [3.8, 4) is 11.1 Å². The lowest BCUT2D eigenvalue weighted by atomic mass is 9.95. The molecule has 1 unspecified atom stereocenters. The molecule has 1 N–H and O–H groups in total. The van der Waals surface area contributed by atoms with E-state index in [1.54, 1.807) is 19.0 Å². The lowest BCUT2D eigenvalue weighted by Crippen LogP contribution is -2.37. The number of carboxylic acids is 1. The molecule has 0 aliphatic heterocycles. The largest absolute Gasteiger partial charge is 0.480 e. The number of aliphatic carboxylic acids is 1. The zero-order valence-corrected chi connectivity index (χ0v) is 11.8. The number of rotatable bonds is 5. The van der Waals surface area contributed by atoms with E-state index >= 15 is 0 Å². The van der Waals surface area contributed by atoms with E-state index in [4.69, 9.17) is 0 Å². The first kappa shape index (κ1) is 14.3. The molecule has 2 aromatic carbocycles. The van der Waals surface area contributed by atoms with Gasteiger partial charge in [0, 0.05) is 0 Å². The smallest absolute Gasteiger partial charge is 0.321 e. The summed E-state index contributed by atoms with van der Waals surface area (Å²) in [5.74, 6) is -0.794. The normalized spacial score (nSPS) is 12.3. The highest BCUT2D eigenvalue weighted by Crippen LogP contribution is 2.25. The summed E-state index contributed by atoms with van der Waals surface area (Å²) in [6.07, 6.45) is 0.493. The van der Waals surface area contributed by atoms with E-state index in [2.05, 4.69) is 0 Å². The maximum atomic E-state index is 11.4. The SMILES string of the molecule is CN(C)C(Cc1ccccc1-c1ccccc1)C(=O)O. The molecule has 0 aromatic heterocycles. The first-order valence-corrected chi connectivity index (χ1v) is 6.62. The summed E-state index contributed by atoms with van der Waals surface area (Å²) in [6.45, 7) is 0. The Balaban J connectivity index is 2.36. The van der Waals surface area contributed by atoms with Crippen molar-refractivity contribution < 1.29 is 9.90 Å². The number of carbonyl (C=O) groups is 1. The van der Waals surface area contributed by atoms with E-state index < -0.39 is 12.0 Å². The van der Waals surface area contributed by atoms with Crippen molar-refractivity contribution in [3.63, 3.8) is 0 Å². The summed E-state index contributed by atoms with van der Waals surface area (Å²) in [4.78, 5) is 13.1. The van der Waals surface area contributed by atoms with Crippen molar-refractivity contribution in [2.75, 3.05) is 14.1 Å². The van der Waals surface area contributed by atoms with Crippen LogP contribution >= 0.6 is 0 Å². The Morgan fingerprint density at radius 1 is 1.05 bits per heavy atom. The number of hydrogen-bond donors (Lipinski definition) is 1.